The SMILES string of the molecule is COc1ccc([C@H]2O[C@]23C(=O)N(C)[C@@]2(O[C@H]2c2ccc(OC)c(Br)c2)C(=O)N3C)cc1Br. The molecule has 2 aromatic rings. The van der Waals surface area contributed by atoms with Crippen molar-refractivity contribution < 1.29 is 28.5 Å². The Kier molecular flexibility index (Phi) is 4.87. The zero-order valence-electron chi connectivity index (χ0n) is 17.7. The summed E-state index contributed by atoms with van der Waals surface area (Å²) >= 11 is 6.92. The number of piperazine rings is 1. The Balaban J connectivity index is 1.44. The predicted molar refractivity (Wildman–Crippen MR) is 120 cm³/mol. The summed E-state index contributed by atoms with van der Waals surface area (Å²) in [4.78, 5) is 29.8. The van der Waals surface area contributed by atoms with E-state index in [0.717, 1.165) is 20.1 Å². The van der Waals surface area contributed by atoms with E-state index in [9.17, 15) is 9.59 Å². The van der Waals surface area contributed by atoms with Crippen LogP contribution in [-0.2, 0) is 19.1 Å². The number of amides is 2. The topological polar surface area (TPSA) is 84.1 Å². The van der Waals surface area contributed by atoms with Gasteiger partial charge in [0.05, 0.1) is 23.2 Å². The fourth-order valence-corrected chi connectivity index (χ4v) is 5.59. The maximum absolute atomic E-state index is 13.5. The second-order valence-corrected chi connectivity index (χ2v) is 9.61. The Morgan fingerprint density at radius 1 is 0.781 bits per heavy atom. The maximum Gasteiger partial charge on any atom is 0.281 e. The van der Waals surface area contributed by atoms with Crippen molar-refractivity contribution in [3.8, 4) is 11.5 Å². The molecule has 3 saturated heterocycles. The molecule has 0 unspecified atom stereocenters. The Hall–Kier alpha value is -2.14. The molecule has 0 saturated carbocycles. The maximum atomic E-state index is 13.5. The van der Waals surface area contributed by atoms with E-state index in [1.54, 1.807) is 40.4 Å². The van der Waals surface area contributed by atoms with Crippen molar-refractivity contribution in [2.75, 3.05) is 28.3 Å². The average molecular weight is 568 g/mol. The van der Waals surface area contributed by atoms with Gasteiger partial charge in [-0.05, 0) is 67.3 Å². The van der Waals surface area contributed by atoms with Crippen molar-refractivity contribution in [2.45, 2.75) is 23.7 Å². The molecule has 0 radical (unpaired) electrons. The molecular formula is C22H20Br2N2O6. The highest BCUT2D eigenvalue weighted by atomic mass is 79.9. The third kappa shape index (κ3) is 2.73. The number of carbonyl (C=O) groups is 2. The molecule has 0 aromatic heterocycles. The molecule has 0 aliphatic carbocycles. The highest BCUT2D eigenvalue weighted by molar-refractivity contribution is 9.10. The molecule has 3 aliphatic rings. The van der Waals surface area contributed by atoms with E-state index in [-0.39, 0.29) is 11.8 Å². The number of hydrogen-bond acceptors (Lipinski definition) is 6. The molecule has 2 spiro atoms. The molecule has 3 aliphatic heterocycles. The summed E-state index contributed by atoms with van der Waals surface area (Å²) in [6.45, 7) is 0. The number of nitrogens with zero attached hydrogens (tertiary/aromatic N) is 2. The second kappa shape index (κ2) is 7.18. The summed E-state index contributed by atoms with van der Waals surface area (Å²) in [6.07, 6.45) is -1.17. The molecule has 0 bridgehead atoms. The first-order valence-electron chi connectivity index (χ1n) is 9.81. The second-order valence-electron chi connectivity index (χ2n) is 7.90. The molecule has 0 N–H and O–H groups in total. The van der Waals surface area contributed by atoms with Crippen LogP contribution in [0.1, 0.15) is 23.3 Å². The van der Waals surface area contributed by atoms with E-state index in [0.29, 0.717) is 11.5 Å². The van der Waals surface area contributed by atoms with Crippen LogP contribution >= 0.6 is 31.9 Å². The van der Waals surface area contributed by atoms with E-state index in [1.165, 1.54) is 9.80 Å². The highest BCUT2D eigenvalue weighted by Crippen LogP contribution is 2.62. The fraction of sp³-hybridized carbons (Fsp3) is 0.364. The number of carbonyl (C=O) groups excluding carboxylic acids is 2. The minimum atomic E-state index is -1.39. The third-order valence-corrected chi connectivity index (χ3v) is 7.61. The standard InChI is InChI=1S/C22H20Br2N2O6/c1-25-19(27)22(18(32-22)12-6-8-16(30-4)14(24)10-12)26(2)20(28)21(25)17(31-21)11-5-7-15(29-3)13(23)9-11/h5-10,17-18H,1-4H3/t17-,18+,21-,22-/m0/s1. The lowest BCUT2D eigenvalue weighted by Crippen LogP contribution is -2.67. The van der Waals surface area contributed by atoms with Gasteiger partial charge in [0, 0.05) is 14.1 Å². The van der Waals surface area contributed by atoms with Crippen LogP contribution in [0.4, 0.5) is 0 Å². The van der Waals surface area contributed by atoms with E-state index in [1.807, 2.05) is 24.3 Å². The van der Waals surface area contributed by atoms with Gasteiger partial charge in [-0.2, -0.15) is 0 Å². The van der Waals surface area contributed by atoms with Crippen LogP contribution in [0.5, 0.6) is 11.5 Å². The Bertz CT molecular complexity index is 1070. The van der Waals surface area contributed by atoms with Gasteiger partial charge in [0.2, 0.25) is 0 Å². The van der Waals surface area contributed by atoms with Crippen LogP contribution in [0, 0.1) is 0 Å². The Morgan fingerprint density at radius 2 is 1.16 bits per heavy atom. The minimum absolute atomic E-state index is 0.327. The predicted octanol–water partition coefficient (Wildman–Crippen LogP) is 3.39. The monoisotopic (exact) mass is 566 g/mol. The minimum Gasteiger partial charge on any atom is -0.496 e. The normalized spacial score (nSPS) is 30.8. The number of methoxy groups -OCH3 is 2. The molecule has 2 aromatic carbocycles. The zero-order valence-corrected chi connectivity index (χ0v) is 20.9. The molecule has 2 amide bonds. The van der Waals surface area contributed by atoms with Crippen molar-refractivity contribution in [3.63, 3.8) is 0 Å². The lowest BCUT2D eigenvalue weighted by Gasteiger charge is -2.39. The van der Waals surface area contributed by atoms with Crippen LogP contribution in [0.2, 0.25) is 0 Å². The summed E-state index contributed by atoms with van der Waals surface area (Å²) in [7, 11) is 6.31. The van der Waals surface area contributed by atoms with Gasteiger partial charge in [0.1, 0.15) is 23.7 Å². The average Bonchev–Trinajstić information content (AvgIpc) is 3.70. The largest absolute Gasteiger partial charge is 0.496 e. The van der Waals surface area contributed by atoms with Crippen LogP contribution < -0.4 is 9.47 Å². The third-order valence-electron chi connectivity index (χ3n) is 6.37. The summed E-state index contributed by atoms with van der Waals surface area (Å²) in [5.41, 5.74) is -1.24. The van der Waals surface area contributed by atoms with Gasteiger partial charge in [0.25, 0.3) is 23.3 Å². The number of halogens is 2. The van der Waals surface area contributed by atoms with Crippen LogP contribution in [0.25, 0.3) is 0 Å². The highest BCUT2D eigenvalue weighted by Gasteiger charge is 2.81. The van der Waals surface area contributed by atoms with Crippen molar-refractivity contribution >= 4 is 43.7 Å². The van der Waals surface area contributed by atoms with Crippen molar-refractivity contribution in [2.24, 2.45) is 0 Å². The van der Waals surface area contributed by atoms with Crippen molar-refractivity contribution in [3.05, 3.63) is 56.5 Å². The van der Waals surface area contributed by atoms with E-state index < -0.39 is 23.7 Å². The quantitative estimate of drug-likeness (QED) is 0.527. The summed E-state index contributed by atoms with van der Waals surface area (Å²) in [5.74, 6) is 0.677. The number of rotatable bonds is 4. The van der Waals surface area contributed by atoms with Crippen LogP contribution in [0.15, 0.2) is 45.3 Å². The lowest BCUT2D eigenvalue weighted by molar-refractivity contribution is -0.175. The zero-order chi connectivity index (χ0) is 23.0. The molecule has 3 heterocycles. The van der Waals surface area contributed by atoms with E-state index in [2.05, 4.69) is 31.9 Å². The first kappa shape index (κ1) is 21.7. The first-order chi connectivity index (χ1) is 15.2. The number of ether oxygens (including phenoxy) is 4. The lowest BCUT2D eigenvalue weighted by atomic mass is 9.95. The van der Waals surface area contributed by atoms with Gasteiger partial charge >= 0.3 is 0 Å². The molecule has 3 fully saturated rings. The van der Waals surface area contributed by atoms with Gasteiger partial charge in [-0.25, -0.2) is 0 Å². The van der Waals surface area contributed by atoms with Gasteiger partial charge in [-0.15, -0.1) is 0 Å². The summed E-state index contributed by atoms with van der Waals surface area (Å²) < 4.78 is 23.8. The number of hydrogen-bond donors (Lipinski definition) is 0. The van der Waals surface area contributed by atoms with Gasteiger partial charge in [-0.3, -0.25) is 9.59 Å². The first-order valence-corrected chi connectivity index (χ1v) is 11.4. The molecule has 168 valence electrons. The molecule has 8 nitrogen and oxygen atoms in total. The number of likely N-dealkylation sites (N-methyl/N-ethyl adjacent to an activating group) is 2. The number of epoxide rings is 2. The smallest absolute Gasteiger partial charge is 0.281 e. The Labute approximate surface area is 201 Å². The molecule has 10 heteroatoms. The van der Waals surface area contributed by atoms with Crippen LogP contribution in [-0.4, -0.2) is 61.4 Å². The van der Waals surface area contributed by atoms with Gasteiger partial charge in [0.15, 0.2) is 0 Å². The van der Waals surface area contributed by atoms with Crippen LogP contribution in [0.3, 0.4) is 0 Å². The molecule has 5 rings (SSSR count). The van der Waals surface area contributed by atoms with E-state index in [4.69, 9.17) is 18.9 Å². The Morgan fingerprint density at radius 3 is 1.47 bits per heavy atom. The van der Waals surface area contributed by atoms with Gasteiger partial charge in [-0.1, -0.05) is 12.1 Å². The molecule has 32 heavy (non-hydrogen) atoms. The fourth-order valence-electron chi connectivity index (χ4n) is 4.47. The number of benzene rings is 2. The molecular weight excluding hydrogens is 548 g/mol. The van der Waals surface area contributed by atoms with Crippen molar-refractivity contribution in [1.82, 2.24) is 9.80 Å². The van der Waals surface area contributed by atoms with Gasteiger partial charge < -0.3 is 28.7 Å². The van der Waals surface area contributed by atoms with E-state index >= 15 is 0 Å². The summed E-state index contributed by atoms with van der Waals surface area (Å²) in [5, 5.41) is 0. The summed E-state index contributed by atoms with van der Waals surface area (Å²) in [6, 6.07) is 10.9. The van der Waals surface area contributed by atoms with Crippen molar-refractivity contribution in [1.29, 1.82) is 0 Å². The molecule has 4 atom stereocenters.